The molecule has 2 aromatic carbocycles. The molecule has 7 heteroatoms. The number of hydrogen-bond donors (Lipinski definition) is 3. The Bertz CT molecular complexity index is 848. The van der Waals surface area contributed by atoms with E-state index in [9.17, 15) is 10.1 Å². The van der Waals surface area contributed by atoms with Crippen molar-refractivity contribution in [3.63, 3.8) is 0 Å². The van der Waals surface area contributed by atoms with Gasteiger partial charge in [0.25, 0.3) is 5.69 Å². The molecule has 1 aliphatic heterocycles. The van der Waals surface area contributed by atoms with Crippen LogP contribution in [0.5, 0.6) is 0 Å². The van der Waals surface area contributed by atoms with Crippen LogP contribution in [0, 0.1) is 10.1 Å². The number of nitro groups is 1. The summed E-state index contributed by atoms with van der Waals surface area (Å²) in [5.74, 6) is -1.03. The van der Waals surface area contributed by atoms with Crippen LogP contribution in [0.3, 0.4) is 0 Å². The topological polar surface area (TPSA) is 120 Å². The molecule has 2 aromatic rings. The van der Waals surface area contributed by atoms with E-state index in [1.807, 2.05) is 18.2 Å². The third-order valence-corrected chi connectivity index (χ3v) is 4.00. The Morgan fingerprint density at radius 3 is 2.60 bits per heavy atom. The fourth-order valence-electron chi connectivity index (χ4n) is 2.77. The summed E-state index contributed by atoms with van der Waals surface area (Å²) in [4.78, 5) is 14.8. The molecular weight excluding hydrogens is 318 g/mol. The van der Waals surface area contributed by atoms with E-state index in [0.717, 1.165) is 12.1 Å². The standard InChI is InChI=1S/C18H19N5O2/c19-17-12-15(10-9-13-5-2-1-3-6-13)21-18(20,22-17)14-7-4-8-16(11-14)23(24)25/h1-8,11-12,21H,9-10,20H2,(H2,19,22). The molecule has 0 aromatic heterocycles. The summed E-state index contributed by atoms with van der Waals surface area (Å²) >= 11 is 0. The maximum atomic E-state index is 11.0. The lowest BCUT2D eigenvalue weighted by atomic mass is 10.0. The highest BCUT2D eigenvalue weighted by atomic mass is 16.6. The molecular formula is C18H19N5O2. The van der Waals surface area contributed by atoms with Crippen molar-refractivity contribution in [2.75, 3.05) is 0 Å². The Kier molecular flexibility index (Phi) is 4.49. The smallest absolute Gasteiger partial charge is 0.269 e. The number of amidine groups is 1. The Balaban J connectivity index is 1.81. The molecule has 25 heavy (non-hydrogen) atoms. The quantitative estimate of drug-likeness (QED) is 0.570. The van der Waals surface area contributed by atoms with Crippen LogP contribution in [0.4, 0.5) is 5.69 Å². The lowest BCUT2D eigenvalue weighted by molar-refractivity contribution is -0.385. The Hall–Kier alpha value is -3.19. The highest BCUT2D eigenvalue weighted by molar-refractivity contribution is 5.93. The molecule has 0 fully saturated rings. The molecule has 0 saturated heterocycles. The van der Waals surface area contributed by atoms with Gasteiger partial charge in [-0.25, -0.2) is 4.99 Å². The predicted octanol–water partition coefficient (Wildman–Crippen LogP) is 2.14. The predicted molar refractivity (Wildman–Crippen MR) is 96.6 cm³/mol. The van der Waals surface area contributed by atoms with E-state index in [1.54, 1.807) is 18.2 Å². The largest absolute Gasteiger partial charge is 0.384 e. The van der Waals surface area contributed by atoms with Crippen molar-refractivity contribution in [2.24, 2.45) is 16.5 Å². The maximum Gasteiger partial charge on any atom is 0.269 e. The average Bonchev–Trinajstić information content (AvgIpc) is 2.60. The van der Waals surface area contributed by atoms with Crippen LogP contribution >= 0.6 is 0 Å². The number of aliphatic imine (C=N–C) groups is 1. The minimum absolute atomic E-state index is 0.0433. The molecule has 0 bridgehead atoms. The van der Waals surface area contributed by atoms with Crippen LogP contribution in [0.25, 0.3) is 0 Å². The first-order valence-electron chi connectivity index (χ1n) is 7.88. The fraction of sp³-hybridized carbons (Fsp3) is 0.167. The number of rotatable bonds is 5. The van der Waals surface area contributed by atoms with Crippen molar-refractivity contribution in [1.82, 2.24) is 5.32 Å². The van der Waals surface area contributed by atoms with Gasteiger partial charge in [-0.1, -0.05) is 42.5 Å². The van der Waals surface area contributed by atoms with Gasteiger partial charge in [0.2, 0.25) is 5.79 Å². The Morgan fingerprint density at radius 1 is 1.12 bits per heavy atom. The first-order valence-corrected chi connectivity index (χ1v) is 7.88. The number of nitrogens with one attached hydrogen (secondary N) is 1. The molecule has 1 aliphatic rings. The molecule has 1 unspecified atom stereocenters. The van der Waals surface area contributed by atoms with Crippen molar-refractivity contribution < 1.29 is 4.92 Å². The summed E-state index contributed by atoms with van der Waals surface area (Å²) in [5.41, 5.74) is 14.8. The van der Waals surface area contributed by atoms with Crippen LogP contribution in [-0.2, 0) is 12.2 Å². The van der Waals surface area contributed by atoms with Gasteiger partial charge in [0.05, 0.1) is 4.92 Å². The summed E-state index contributed by atoms with van der Waals surface area (Å²) < 4.78 is 0. The van der Waals surface area contributed by atoms with E-state index in [1.165, 1.54) is 17.7 Å². The molecule has 0 amide bonds. The maximum absolute atomic E-state index is 11.0. The normalized spacial score (nSPS) is 19.6. The fourth-order valence-corrected chi connectivity index (χ4v) is 2.77. The lowest BCUT2D eigenvalue weighted by Crippen LogP contribution is -2.51. The number of allylic oxidation sites excluding steroid dienone is 1. The molecule has 3 rings (SSSR count). The number of nitrogens with two attached hydrogens (primary N) is 2. The van der Waals surface area contributed by atoms with Crippen molar-refractivity contribution in [2.45, 2.75) is 18.6 Å². The summed E-state index contributed by atoms with van der Waals surface area (Å²) in [5, 5.41) is 14.2. The van der Waals surface area contributed by atoms with Gasteiger partial charge in [0.1, 0.15) is 5.84 Å². The number of benzene rings is 2. The van der Waals surface area contributed by atoms with Crippen molar-refractivity contribution in [3.8, 4) is 0 Å². The molecule has 5 N–H and O–H groups in total. The number of nitrogens with zero attached hydrogens (tertiary/aromatic N) is 2. The van der Waals surface area contributed by atoms with E-state index in [-0.39, 0.29) is 11.5 Å². The molecule has 0 saturated carbocycles. The molecule has 1 heterocycles. The second kappa shape index (κ2) is 6.74. The minimum Gasteiger partial charge on any atom is -0.384 e. The van der Waals surface area contributed by atoms with Crippen molar-refractivity contribution in [3.05, 3.63) is 87.6 Å². The number of non-ortho nitro benzene ring substituents is 1. The monoisotopic (exact) mass is 337 g/mol. The SMILES string of the molecule is NC1=NC(N)(c2cccc([N+](=O)[O-])c2)NC(CCc2ccccc2)=C1. The molecule has 0 aliphatic carbocycles. The van der Waals surface area contributed by atoms with Crippen LogP contribution in [0.2, 0.25) is 0 Å². The average molecular weight is 337 g/mol. The first kappa shape index (κ1) is 16.7. The molecule has 0 spiro atoms. The van der Waals surface area contributed by atoms with E-state index in [4.69, 9.17) is 11.5 Å². The molecule has 1 atom stereocenters. The Morgan fingerprint density at radius 2 is 1.88 bits per heavy atom. The number of nitro benzene ring substituents is 1. The van der Waals surface area contributed by atoms with Crippen LogP contribution < -0.4 is 16.8 Å². The minimum atomic E-state index is -1.32. The zero-order valence-electron chi connectivity index (χ0n) is 13.6. The van der Waals surface area contributed by atoms with Gasteiger partial charge in [-0.2, -0.15) is 0 Å². The molecule has 7 nitrogen and oxygen atoms in total. The van der Waals surface area contributed by atoms with E-state index in [2.05, 4.69) is 22.4 Å². The zero-order valence-corrected chi connectivity index (χ0v) is 13.6. The van der Waals surface area contributed by atoms with Crippen LogP contribution in [0.15, 0.2) is 71.4 Å². The van der Waals surface area contributed by atoms with E-state index < -0.39 is 10.7 Å². The van der Waals surface area contributed by atoms with Gasteiger partial charge >= 0.3 is 0 Å². The van der Waals surface area contributed by atoms with Gasteiger partial charge in [0.15, 0.2) is 0 Å². The summed E-state index contributed by atoms with van der Waals surface area (Å²) in [6.07, 6.45) is 3.26. The summed E-state index contributed by atoms with van der Waals surface area (Å²) in [7, 11) is 0. The summed E-state index contributed by atoms with van der Waals surface area (Å²) in [6, 6.07) is 16.1. The van der Waals surface area contributed by atoms with Gasteiger partial charge in [-0.3, -0.25) is 15.8 Å². The van der Waals surface area contributed by atoms with Gasteiger partial charge in [-0.05, 0) is 24.5 Å². The van der Waals surface area contributed by atoms with Crippen LogP contribution in [-0.4, -0.2) is 10.8 Å². The Labute approximate surface area is 145 Å². The third kappa shape index (κ3) is 3.84. The van der Waals surface area contributed by atoms with Gasteiger partial charge in [-0.15, -0.1) is 0 Å². The van der Waals surface area contributed by atoms with Gasteiger partial charge in [0, 0.05) is 23.4 Å². The number of hydrogen-bond acceptors (Lipinski definition) is 6. The highest BCUT2D eigenvalue weighted by Gasteiger charge is 2.31. The molecule has 0 radical (unpaired) electrons. The van der Waals surface area contributed by atoms with Crippen LogP contribution in [0.1, 0.15) is 17.5 Å². The van der Waals surface area contributed by atoms with E-state index in [0.29, 0.717) is 12.0 Å². The van der Waals surface area contributed by atoms with Crippen molar-refractivity contribution in [1.29, 1.82) is 0 Å². The van der Waals surface area contributed by atoms with Gasteiger partial charge < -0.3 is 11.1 Å². The number of aryl methyl sites for hydroxylation is 1. The first-order chi connectivity index (χ1) is 12.0. The second-order valence-electron chi connectivity index (χ2n) is 5.89. The highest BCUT2D eigenvalue weighted by Crippen LogP contribution is 2.26. The van der Waals surface area contributed by atoms with E-state index >= 15 is 0 Å². The third-order valence-electron chi connectivity index (χ3n) is 4.00. The zero-order chi connectivity index (χ0) is 17.9. The molecule has 128 valence electrons. The van der Waals surface area contributed by atoms with Crippen molar-refractivity contribution >= 4 is 11.5 Å². The second-order valence-corrected chi connectivity index (χ2v) is 5.89. The summed E-state index contributed by atoms with van der Waals surface area (Å²) in [6.45, 7) is 0. The lowest BCUT2D eigenvalue weighted by Gasteiger charge is -2.32.